The van der Waals surface area contributed by atoms with Crippen LogP contribution in [0.2, 0.25) is 0 Å². The van der Waals surface area contributed by atoms with Gasteiger partial charge in [-0.3, -0.25) is 10.1 Å². The SMILES string of the molecule is CNc1cc(NCc2ccoc2)cc([N+](=O)[O-])c1. The molecule has 0 bridgehead atoms. The fourth-order valence-corrected chi connectivity index (χ4v) is 1.56. The summed E-state index contributed by atoms with van der Waals surface area (Å²) in [6.07, 6.45) is 3.22. The number of nitrogens with one attached hydrogen (secondary N) is 2. The minimum atomic E-state index is -0.413. The van der Waals surface area contributed by atoms with Gasteiger partial charge in [0, 0.05) is 42.7 Å². The van der Waals surface area contributed by atoms with E-state index < -0.39 is 4.92 Å². The summed E-state index contributed by atoms with van der Waals surface area (Å²) in [7, 11) is 1.72. The summed E-state index contributed by atoms with van der Waals surface area (Å²) in [6.45, 7) is 0.556. The van der Waals surface area contributed by atoms with Crippen LogP contribution in [0, 0.1) is 10.1 Å². The van der Waals surface area contributed by atoms with Crippen LogP contribution in [0.15, 0.2) is 41.2 Å². The second-order valence-electron chi connectivity index (χ2n) is 3.76. The number of non-ortho nitro benzene ring substituents is 1. The Morgan fingerprint density at radius 1 is 1.33 bits per heavy atom. The van der Waals surface area contributed by atoms with Gasteiger partial charge >= 0.3 is 0 Å². The van der Waals surface area contributed by atoms with E-state index in [2.05, 4.69) is 10.6 Å². The summed E-state index contributed by atoms with van der Waals surface area (Å²) in [5.41, 5.74) is 2.41. The molecule has 2 N–H and O–H groups in total. The van der Waals surface area contributed by atoms with Crippen molar-refractivity contribution in [1.82, 2.24) is 0 Å². The molecular weight excluding hydrogens is 234 g/mol. The fraction of sp³-hybridized carbons (Fsp3) is 0.167. The third-order valence-electron chi connectivity index (χ3n) is 2.49. The molecule has 1 aromatic carbocycles. The molecule has 1 aromatic heterocycles. The van der Waals surface area contributed by atoms with Crippen LogP contribution in [-0.2, 0) is 6.54 Å². The number of hydrogen-bond donors (Lipinski definition) is 2. The Balaban J connectivity index is 2.16. The number of anilines is 2. The molecule has 0 aliphatic rings. The molecule has 0 saturated heterocycles. The summed E-state index contributed by atoms with van der Waals surface area (Å²) < 4.78 is 4.95. The minimum absolute atomic E-state index is 0.0524. The van der Waals surface area contributed by atoms with E-state index in [9.17, 15) is 10.1 Å². The molecule has 0 aliphatic heterocycles. The quantitative estimate of drug-likeness (QED) is 0.627. The molecule has 18 heavy (non-hydrogen) atoms. The highest BCUT2D eigenvalue weighted by atomic mass is 16.6. The smallest absolute Gasteiger partial charge is 0.273 e. The average molecular weight is 247 g/mol. The van der Waals surface area contributed by atoms with Crippen LogP contribution < -0.4 is 10.6 Å². The molecule has 0 amide bonds. The van der Waals surface area contributed by atoms with Gasteiger partial charge in [0.2, 0.25) is 0 Å². The number of hydrogen-bond acceptors (Lipinski definition) is 5. The molecule has 0 fully saturated rings. The molecule has 1 heterocycles. The van der Waals surface area contributed by atoms with Crippen molar-refractivity contribution in [1.29, 1.82) is 0 Å². The van der Waals surface area contributed by atoms with E-state index in [0.717, 1.165) is 5.56 Å². The second kappa shape index (κ2) is 5.22. The van der Waals surface area contributed by atoms with Crippen LogP contribution in [0.1, 0.15) is 5.56 Å². The molecule has 0 aliphatic carbocycles. The van der Waals surface area contributed by atoms with Crippen molar-refractivity contribution in [2.75, 3.05) is 17.7 Å². The maximum atomic E-state index is 10.8. The third-order valence-corrected chi connectivity index (χ3v) is 2.49. The molecule has 6 heteroatoms. The van der Waals surface area contributed by atoms with Gasteiger partial charge in [-0.1, -0.05) is 0 Å². The third kappa shape index (κ3) is 2.79. The molecule has 0 radical (unpaired) electrons. The van der Waals surface area contributed by atoms with Crippen molar-refractivity contribution in [3.8, 4) is 0 Å². The van der Waals surface area contributed by atoms with Crippen molar-refractivity contribution in [2.45, 2.75) is 6.54 Å². The summed E-state index contributed by atoms with van der Waals surface area (Å²) in [6, 6.07) is 6.64. The van der Waals surface area contributed by atoms with E-state index in [0.29, 0.717) is 17.9 Å². The largest absolute Gasteiger partial charge is 0.472 e. The highest BCUT2D eigenvalue weighted by Crippen LogP contribution is 2.24. The number of nitrogens with zero attached hydrogens (tertiary/aromatic N) is 1. The summed E-state index contributed by atoms with van der Waals surface area (Å²) in [5, 5.41) is 16.8. The van der Waals surface area contributed by atoms with Crippen LogP contribution in [-0.4, -0.2) is 12.0 Å². The topological polar surface area (TPSA) is 80.3 Å². The van der Waals surface area contributed by atoms with Gasteiger partial charge in [-0.2, -0.15) is 0 Å². The van der Waals surface area contributed by atoms with Gasteiger partial charge in [0.1, 0.15) is 0 Å². The molecular formula is C12H13N3O3. The van der Waals surface area contributed by atoms with Crippen LogP contribution in [0.4, 0.5) is 17.1 Å². The molecule has 94 valence electrons. The van der Waals surface area contributed by atoms with Crippen LogP contribution in [0.5, 0.6) is 0 Å². The molecule has 2 rings (SSSR count). The lowest BCUT2D eigenvalue weighted by molar-refractivity contribution is -0.384. The van der Waals surface area contributed by atoms with Crippen molar-refractivity contribution in [2.24, 2.45) is 0 Å². The zero-order chi connectivity index (χ0) is 13.0. The van der Waals surface area contributed by atoms with Gasteiger partial charge in [0.05, 0.1) is 17.4 Å². The lowest BCUT2D eigenvalue weighted by Crippen LogP contribution is -2.00. The first kappa shape index (κ1) is 12.0. The standard InChI is InChI=1S/C12H13N3O3/c1-13-10-4-11(6-12(5-10)15(16)17)14-7-9-2-3-18-8-9/h2-6,8,13-14H,7H2,1H3. The zero-order valence-corrected chi connectivity index (χ0v) is 9.84. The fourth-order valence-electron chi connectivity index (χ4n) is 1.56. The summed E-state index contributed by atoms with van der Waals surface area (Å²) in [5.74, 6) is 0. The molecule has 6 nitrogen and oxygen atoms in total. The predicted molar refractivity (Wildman–Crippen MR) is 68.7 cm³/mol. The lowest BCUT2D eigenvalue weighted by Gasteiger charge is -2.07. The normalized spacial score (nSPS) is 10.1. The van der Waals surface area contributed by atoms with Crippen molar-refractivity contribution in [3.05, 3.63) is 52.5 Å². The molecule has 0 atom stereocenters. The Morgan fingerprint density at radius 3 is 2.72 bits per heavy atom. The summed E-state index contributed by atoms with van der Waals surface area (Å²) >= 11 is 0. The van der Waals surface area contributed by atoms with Gasteiger partial charge in [-0.25, -0.2) is 0 Å². The van der Waals surface area contributed by atoms with Gasteiger partial charge in [0.25, 0.3) is 5.69 Å². The van der Waals surface area contributed by atoms with E-state index in [-0.39, 0.29) is 5.69 Å². The Bertz CT molecular complexity index is 538. The van der Waals surface area contributed by atoms with Crippen LogP contribution >= 0.6 is 0 Å². The van der Waals surface area contributed by atoms with Crippen molar-refractivity contribution in [3.63, 3.8) is 0 Å². The zero-order valence-electron chi connectivity index (χ0n) is 9.84. The van der Waals surface area contributed by atoms with E-state index in [1.165, 1.54) is 12.1 Å². The Hall–Kier alpha value is -2.50. The predicted octanol–water partition coefficient (Wildman–Crippen LogP) is 2.84. The highest BCUT2D eigenvalue weighted by molar-refractivity contribution is 5.63. The van der Waals surface area contributed by atoms with Crippen molar-refractivity contribution < 1.29 is 9.34 Å². The average Bonchev–Trinajstić information content (AvgIpc) is 2.89. The highest BCUT2D eigenvalue weighted by Gasteiger charge is 2.09. The first-order chi connectivity index (χ1) is 8.69. The van der Waals surface area contributed by atoms with E-state index in [1.54, 1.807) is 19.6 Å². The van der Waals surface area contributed by atoms with E-state index >= 15 is 0 Å². The molecule has 2 aromatic rings. The number of nitro benzene ring substituents is 1. The second-order valence-corrected chi connectivity index (χ2v) is 3.76. The van der Waals surface area contributed by atoms with Gasteiger partial charge in [-0.05, 0) is 12.1 Å². The Kier molecular flexibility index (Phi) is 3.47. The lowest BCUT2D eigenvalue weighted by atomic mass is 10.2. The number of furan rings is 1. The maximum Gasteiger partial charge on any atom is 0.273 e. The van der Waals surface area contributed by atoms with E-state index in [4.69, 9.17) is 4.42 Å². The minimum Gasteiger partial charge on any atom is -0.472 e. The first-order valence-corrected chi connectivity index (χ1v) is 5.41. The number of benzene rings is 1. The van der Waals surface area contributed by atoms with Crippen molar-refractivity contribution >= 4 is 17.1 Å². The Labute approximate surface area is 104 Å². The number of nitro groups is 1. The first-order valence-electron chi connectivity index (χ1n) is 5.41. The molecule has 0 saturated carbocycles. The molecule has 0 unspecified atom stereocenters. The van der Waals surface area contributed by atoms with E-state index in [1.807, 2.05) is 12.1 Å². The Morgan fingerprint density at radius 2 is 2.11 bits per heavy atom. The van der Waals surface area contributed by atoms with Crippen LogP contribution in [0.3, 0.4) is 0 Å². The van der Waals surface area contributed by atoms with Crippen LogP contribution in [0.25, 0.3) is 0 Å². The van der Waals surface area contributed by atoms with Gasteiger partial charge < -0.3 is 15.1 Å². The maximum absolute atomic E-state index is 10.8. The van der Waals surface area contributed by atoms with Gasteiger partial charge in [0.15, 0.2) is 0 Å². The van der Waals surface area contributed by atoms with Gasteiger partial charge in [-0.15, -0.1) is 0 Å². The monoisotopic (exact) mass is 247 g/mol. The summed E-state index contributed by atoms with van der Waals surface area (Å²) in [4.78, 5) is 10.4. The number of rotatable bonds is 5. The molecule has 0 spiro atoms.